The molecule has 6 heteroatoms. The van der Waals surface area contributed by atoms with Gasteiger partial charge in [-0.2, -0.15) is 13.2 Å². The van der Waals surface area contributed by atoms with E-state index >= 15 is 0 Å². The molecule has 94 valence electrons. The summed E-state index contributed by atoms with van der Waals surface area (Å²) in [6.45, 7) is 0.864. The van der Waals surface area contributed by atoms with Crippen LogP contribution in [0.3, 0.4) is 0 Å². The fourth-order valence-corrected chi connectivity index (χ4v) is 1.89. The Balaban J connectivity index is 2.20. The van der Waals surface area contributed by atoms with Gasteiger partial charge in [0, 0.05) is 6.54 Å². The van der Waals surface area contributed by atoms with E-state index in [1.54, 1.807) is 0 Å². The quantitative estimate of drug-likeness (QED) is 0.822. The van der Waals surface area contributed by atoms with Gasteiger partial charge in [0.2, 0.25) is 0 Å². The Bertz CT molecular complexity index is 247. The standard InChI is InChI=1S/C10H16F3NO2/c1-9(4-2-3-5-9)6-14-8(15)16-7-10(11,12)13/h2-7H2,1H3,(H,14,15). The Morgan fingerprint density at radius 2 is 1.94 bits per heavy atom. The summed E-state index contributed by atoms with van der Waals surface area (Å²) in [6, 6.07) is 0. The maximum absolute atomic E-state index is 11.7. The molecule has 0 spiro atoms. The molecule has 1 amide bonds. The van der Waals surface area contributed by atoms with E-state index in [-0.39, 0.29) is 5.41 Å². The summed E-state index contributed by atoms with van der Waals surface area (Å²) >= 11 is 0. The number of halogens is 3. The molecule has 3 nitrogen and oxygen atoms in total. The second kappa shape index (κ2) is 4.93. The van der Waals surface area contributed by atoms with Gasteiger partial charge in [0.1, 0.15) is 0 Å². The highest BCUT2D eigenvalue weighted by Crippen LogP contribution is 2.36. The third-order valence-electron chi connectivity index (χ3n) is 2.84. The molecule has 0 heterocycles. The Hall–Kier alpha value is -0.940. The van der Waals surface area contributed by atoms with Gasteiger partial charge < -0.3 is 10.1 Å². The largest absolute Gasteiger partial charge is 0.440 e. The van der Waals surface area contributed by atoms with Crippen LogP contribution in [0.4, 0.5) is 18.0 Å². The van der Waals surface area contributed by atoms with Crippen LogP contribution < -0.4 is 5.32 Å². The van der Waals surface area contributed by atoms with Crippen LogP contribution in [-0.4, -0.2) is 25.4 Å². The molecule has 0 aromatic carbocycles. The van der Waals surface area contributed by atoms with Crippen LogP contribution >= 0.6 is 0 Å². The van der Waals surface area contributed by atoms with Gasteiger partial charge in [-0.25, -0.2) is 4.79 Å². The molecule has 16 heavy (non-hydrogen) atoms. The molecule has 1 aliphatic rings. The fourth-order valence-electron chi connectivity index (χ4n) is 1.89. The maximum Gasteiger partial charge on any atom is 0.422 e. The van der Waals surface area contributed by atoms with E-state index in [1.807, 2.05) is 6.92 Å². The lowest BCUT2D eigenvalue weighted by Gasteiger charge is -2.23. The van der Waals surface area contributed by atoms with Crippen molar-refractivity contribution in [1.29, 1.82) is 0 Å². The number of hydrogen-bond donors (Lipinski definition) is 1. The predicted molar refractivity (Wildman–Crippen MR) is 52.0 cm³/mol. The number of amides is 1. The van der Waals surface area contributed by atoms with Crippen LogP contribution in [0.2, 0.25) is 0 Å². The Morgan fingerprint density at radius 1 is 1.38 bits per heavy atom. The van der Waals surface area contributed by atoms with Crippen LogP contribution in [0.5, 0.6) is 0 Å². The summed E-state index contributed by atoms with van der Waals surface area (Å²) in [5.74, 6) is 0. The van der Waals surface area contributed by atoms with Crippen LogP contribution in [0.15, 0.2) is 0 Å². The van der Waals surface area contributed by atoms with Crippen molar-refractivity contribution >= 4 is 6.09 Å². The average Bonchev–Trinajstić information content (AvgIpc) is 2.59. The molecule has 0 bridgehead atoms. The molecule has 0 saturated heterocycles. The van der Waals surface area contributed by atoms with Crippen molar-refractivity contribution < 1.29 is 22.7 Å². The van der Waals surface area contributed by atoms with E-state index in [0.29, 0.717) is 6.54 Å². The van der Waals surface area contributed by atoms with Gasteiger partial charge in [-0.05, 0) is 18.3 Å². The minimum Gasteiger partial charge on any atom is -0.440 e. The molecular formula is C10H16F3NO2. The van der Waals surface area contributed by atoms with E-state index in [2.05, 4.69) is 10.1 Å². The molecule has 1 rings (SSSR count). The zero-order valence-corrected chi connectivity index (χ0v) is 9.19. The molecule has 0 aromatic rings. The summed E-state index contributed by atoms with van der Waals surface area (Å²) in [5, 5.41) is 2.38. The van der Waals surface area contributed by atoms with Gasteiger partial charge in [0.05, 0.1) is 0 Å². The summed E-state index contributed by atoms with van der Waals surface area (Å²) in [4.78, 5) is 11.0. The highest BCUT2D eigenvalue weighted by Gasteiger charge is 2.31. The average molecular weight is 239 g/mol. The number of hydrogen-bond acceptors (Lipinski definition) is 2. The first kappa shape index (κ1) is 13.1. The molecule has 0 atom stereocenters. The SMILES string of the molecule is CC1(CNC(=O)OCC(F)(F)F)CCCC1. The number of carbonyl (C=O) groups excluding carboxylic acids is 1. The number of alkyl halides is 3. The van der Waals surface area contributed by atoms with Gasteiger partial charge in [0.15, 0.2) is 6.61 Å². The molecular weight excluding hydrogens is 223 g/mol. The van der Waals surface area contributed by atoms with E-state index in [9.17, 15) is 18.0 Å². The van der Waals surface area contributed by atoms with E-state index in [1.165, 1.54) is 0 Å². The van der Waals surface area contributed by atoms with Crippen LogP contribution in [-0.2, 0) is 4.74 Å². The van der Waals surface area contributed by atoms with Crippen molar-refractivity contribution in [3.05, 3.63) is 0 Å². The molecule has 1 aliphatic carbocycles. The number of nitrogens with one attached hydrogen (secondary N) is 1. The minimum atomic E-state index is -4.46. The third kappa shape index (κ3) is 4.72. The summed E-state index contributed by atoms with van der Waals surface area (Å²) in [7, 11) is 0. The lowest BCUT2D eigenvalue weighted by molar-refractivity contribution is -0.160. The number of rotatable bonds is 3. The van der Waals surface area contributed by atoms with Crippen molar-refractivity contribution in [2.75, 3.05) is 13.2 Å². The summed E-state index contributed by atoms with van der Waals surface area (Å²) in [6.07, 6.45) is -1.26. The fraction of sp³-hybridized carbons (Fsp3) is 0.900. The van der Waals surface area contributed by atoms with Crippen LogP contribution in [0.25, 0.3) is 0 Å². The Morgan fingerprint density at radius 3 is 2.44 bits per heavy atom. The molecule has 1 N–H and O–H groups in total. The second-order valence-electron chi connectivity index (χ2n) is 4.56. The lowest BCUT2D eigenvalue weighted by atomic mass is 9.89. The molecule has 0 aliphatic heterocycles. The van der Waals surface area contributed by atoms with E-state index in [4.69, 9.17) is 0 Å². The lowest BCUT2D eigenvalue weighted by Crippen LogP contribution is -2.36. The van der Waals surface area contributed by atoms with Crippen molar-refractivity contribution in [3.63, 3.8) is 0 Å². The topological polar surface area (TPSA) is 38.3 Å². The van der Waals surface area contributed by atoms with Crippen LogP contribution in [0.1, 0.15) is 32.6 Å². The van der Waals surface area contributed by atoms with Gasteiger partial charge in [-0.1, -0.05) is 19.8 Å². The number of alkyl carbamates (subject to hydrolysis) is 1. The van der Waals surface area contributed by atoms with Crippen LogP contribution in [0, 0.1) is 5.41 Å². The molecule has 0 unspecified atom stereocenters. The van der Waals surface area contributed by atoms with Crippen molar-refractivity contribution in [2.24, 2.45) is 5.41 Å². The van der Waals surface area contributed by atoms with Gasteiger partial charge in [-0.15, -0.1) is 0 Å². The van der Waals surface area contributed by atoms with E-state index in [0.717, 1.165) is 25.7 Å². The van der Waals surface area contributed by atoms with Crippen molar-refractivity contribution in [1.82, 2.24) is 5.32 Å². The molecule has 0 aromatic heterocycles. The van der Waals surface area contributed by atoms with E-state index < -0.39 is 18.9 Å². The highest BCUT2D eigenvalue weighted by atomic mass is 19.4. The second-order valence-corrected chi connectivity index (χ2v) is 4.56. The first-order chi connectivity index (χ1) is 7.31. The zero-order valence-electron chi connectivity index (χ0n) is 9.19. The zero-order chi connectivity index (χ0) is 12.2. The summed E-state index contributed by atoms with van der Waals surface area (Å²) in [5.41, 5.74) is 0.0112. The van der Waals surface area contributed by atoms with Gasteiger partial charge in [0.25, 0.3) is 0 Å². The first-order valence-corrected chi connectivity index (χ1v) is 5.28. The summed E-state index contributed by atoms with van der Waals surface area (Å²) < 4.78 is 39.2. The molecule has 0 radical (unpaired) electrons. The Kier molecular flexibility index (Phi) is 4.04. The highest BCUT2D eigenvalue weighted by molar-refractivity contribution is 5.67. The predicted octanol–water partition coefficient (Wildman–Crippen LogP) is 2.86. The maximum atomic E-state index is 11.7. The Labute approximate surface area is 92.3 Å². The first-order valence-electron chi connectivity index (χ1n) is 5.28. The molecule has 1 saturated carbocycles. The van der Waals surface area contributed by atoms with Gasteiger partial charge >= 0.3 is 12.3 Å². The van der Waals surface area contributed by atoms with Crippen molar-refractivity contribution in [3.8, 4) is 0 Å². The van der Waals surface area contributed by atoms with Crippen molar-refractivity contribution in [2.45, 2.75) is 38.8 Å². The molecule has 1 fully saturated rings. The normalized spacial score (nSPS) is 19.5. The third-order valence-corrected chi connectivity index (χ3v) is 2.84. The number of carbonyl (C=O) groups is 1. The number of ether oxygens (including phenoxy) is 1. The van der Waals surface area contributed by atoms with Gasteiger partial charge in [-0.3, -0.25) is 0 Å². The monoisotopic (exact) mass is 239 g/mol. The minimum absolute atomic E-state index is 0.0112. The smallest absolute Gasteiger partial charge is 0.422 e.